The third kappa shape index (κ3) is 6.34. The van der Waals surface area contributed by atoms with Crippen LogP contribution in [0.25, 0.3) is 0 Å². The second kappa shape index (κ2) is 7.09. The quantitative estimate of drug-likeness (QED) is 0.697. The summed E-state index contributed by atoms with van der Waals surface area (Å²) >= 11 is 0. The Balaban J connectivity index is 2.57. The first kappa shape index (κ1) is 18.4. The van der Waals surface area contributed by atoms with Gasteiger partial charge in [-0.25, -0.2) is 8.42 Å². The number of rotatable bonds is 8. The van der Waals surface area contributed by atoms with Gasteiger partial charge in [-0.15, -0.1) is 0 Å². The third-order valence-corrected chi connectivity index (χ3v) is 4.92. The number of hydrogen-bond acceptors (Lipinski definition) is 3. The summed E-state index contributed by atoms with van der Waals surface area (Å²) in [6, 6.07) is -0.149. The zero-order chi connectivity index (χ0) is 16.3. The van der Waals surface area contributed by atoms with Crippen LogP contribution in [0.1, 0.15) is 59.8 Å². The Labute approximate surface area is 129 Å². The average molecular weight is 318 g/mol. The van der Waals surface area contributed by atoms with E-state index in [2.05, 4.69) is 12.2 Å². The topological polar surface area (TPSA) is 66.5 Å². The molecule has 0 spiro atoms. The third-order valence-electron chi connectivity index (χ3n) is 3.62. The molecule has 0 aliphatic heterocycles. The van der Waals surface area contributed by atoms with Crippen molar-refractivity contribution in [3.8, 4) is 0 Å². The van der Waals surface area contributed by atoms with Gasteiger partial charge in [0.15, 0.2) is 0 Å². The largest absolute Gasteiger partial charge is 0.351 e. The van der Waals surface area contributed by atoms with Crippen LogP contribution in [0.3, 0.4) is 0 Å². The number of amides is 1. The second-order valence-corrected chi connectivity index (χ2v) is 9.02. The summed E-state index contributed by atoms with van der Waals surface area (Å²) in [4.78, 5) is 12.1. The average Bonchev–Trinajstić information content (AvgIpc) is 3.04. The van der Waals surface area contributed by atoms with Crippen LogP contribution in [-0.2, 0) is 14.8 Å². The fraction of sp³-hybridized carbons (Fsp3) is 0.933. The van der Waals surface area contributed by atoms with Crippen molar-refractivity contribution >= 4 is 15.9 Å². The van der Waals surface area contributed by atoms with Gasteiger partial charge >= 0.3 is 0 Å². The maximum atomic E-state index is 12.1. The van der Waals surface area contributed by atoms with Crippen molar-refractivity contribution in [2.75, 3.05) is 12.8 Å². The monoisotopic (exact) mass is 318 g/mol. The molecular formula is C15H30N2O3S. The Morgan fingerprint density at radius 3 is 2.33 bits per heavy atom. The molecule has 1 N–H and O–H groups in total. The van der Waals surface area contributed by atoms with Gasteiger partial charge in [0, 0.05) is 18.1 Å². The maximum absolute atomic E-state index is 12.1. The lowest BCUT2D eigenvalue weighted by atomic mass is 10.1. The van der Waals surface area contributed by atoms with Gasteiger partial charge in [-0.3, -0.25) is 4.79 Å². The lowest BCUT2D eigenvalue weighted by molar-refractivity contribution is -0.124. The molecule has 0 heterocycles. The summed E-state index contributed by atoms with van der Waals surface area (Å²) in [5.74, 6) is -0.222. The number of unbranched alkanes of at least 4 members (excludes halogenated alkanes) is 3. The van der Waals surface area contributed by atoms with E-state index in [1.54, 1.807) is 0 Å². The van der Waals surface area contributed by atoms with Gasteiger partial charge in [-0.05, 0) is 33.6 Å². The minimum absolute atomic E-state index is 0.0327. The number of sulfonamides is 1. The molecule has 124 valence electrons. The van der Waals surface area contributed by atoms with Gasteiger partial charge in [0.1, 0.15) is 0 Å². The number of nitrogens with one attached hydrogen (secondary N) is 1. The summed E-state index contributed by atoms with van der Waals surface area (Å²) < 4.78 is 25.4. The molecular weight excluding hydrogens is 288 g/mol. The van der Waals surface area contributed by atoms with E-state index >= 15 is 0 Å². The molecule has 0 unspecified atom stereocenters. The molecule has 1 fully saturated rings. The predicted molar refractivity (Wildman–Crippen MR) is 85.5 cm³/mol. The van der Waals surface area contributed by atoms with Crippen LogP contribution < -0.4 is 5.32 Å². The molecule has 6 heteroatoms. The molecule has 0 aromatic rings. The van der Waals surface area contributed by atoms with Crippen molar-refractivity contribution in [3.05, 3.63) is 0 Å². The molecule has 1 saturated carbocycles. The summed E-state index contributed by atoms with van der Waals surface area (Å²) in [6.07, 6.45) is 6.03. The molecule has 21 heavy (non-hydrogen) atoms. The van der Waals surface area contributed by atoms with Gasteiger partial charge in [-0.2, -0.15) is 4.31 Å². The number of hydrogen-bond donors (Lipinski definition) is 1. The molecule has 1 aliphatic rings. The normalized spacial score (nSPS) is 22.4. The van der Waals surface area contributed by atoms with Crippen molar-refractivity contribution in [2.24, 2.45) is 5.92 Å². The van der Waals surface area contributed by atoms with Gasteiger partial charge in [-0.1, -0.05) is 26.2 Å². The van der Waals surface area contributed by atoms with E-state index in [1.807, 2.05) is 20.8 Å². The van der Waals surface area contributed by atoms with E-state index in [-0.39, 0.29) is 23.4 Å². The second-order valence-electron chi connectivity index (χ2n) is 7.08. The van der Waals surface area contributed by atoms with Crippen LogP contribution in [0, 0.1) is 5.92 Å². The molecule has 0 radical (unpaired) electrons. The summed E-state index contributed by atoms with van der Waals surface area (Å²) in [5.41, 5.74) is -0.277. The Hall–Kier alpha value is -0.620. The van der Waals surface area contributed by atoms with Crippen molar-refractivity contribution in [2.45, 2.75) is 71.4 Å². The number of carbonyl (C=O) groups excluding carboxylic acids is 1. The van der Waals surface area contributed by atoms with Gasteiger partial charge in [0.25, 0.3) is 0 Å². The SMILES string of the molecule is CCCCCCN([C@H]1C[C@H]1C(=O)NC(C)(C)C)S(C)(=O)=O. The first-order chi connectivity index (χ1) is 9.56. The molecule has 2 atom stereocenters. The van der Waals surface area contributed by atoms with Gasteiger partial charge in [0.2, 0.25) is 15.9 Å². The molecule has 1 aliphatic carbocycles. The molecule has 0 aromatic heterocycles. The molecule has 1 rings (SSSR count). The van der Waals surface area contributed by atoms with Crippen LogP contribution in [-0.4, -0.2) is 43.0 Å². The fourth-order valence-corrected chi connectivity index (χ4v) is 3.70. The summed E-state index contributed by atoms with van der Waals surface area (Å²) in [7, 11) is -3.25. The van der Waals surface area contributed by atoms with E-state index < -0.39 is 10.0 Å². The van der Waals surface area contributed by atoms with E-state index in [0.29, 0.717) is 13.0 Å². The first-order valence-corrected chi connectivity index (χ1v) is 9.70. The lowest BCUT2D eigenvalue weighted by Crippen LogP contribution is -2.43. The standard InChI is InChI=1S/C15H30N2O3S/c1-6-7-8-9-10-17(21(5,19)20)13-11-12(13)14(18)16-15(2,3)4/h12-13H,6-11H2,1-5H3,(H,16,18)/t12-,13+/m1/s1. The number of carbonyl (C=O) groups is 1. The predicted octanol–water partition coefficient (Wildman–Crippen LogP) is 2.13. The minimum Gasteiger partial charge on any atom is -0.351 e. The molecule has 0 saturated heterocycles. The van der Waals surface area contributed by atoms with Crippen molar-refractivity contribution in [1.82, 2.24) is 9.62 Å². The van der Waals surface area contributed by atoms with Crippen LogP contribution in [0.15, 0.2) is 0 Å². The van der Waals surface area contributed by atoms with E-state index in [4.69, 9.17) is 0 Å². The smallest absolute Gasteiger partial charge is 0.225 e. The van der Waals surface area contributed by atoms with Crippen molar-refractivity contribution in [3.63, 3.8) is 0 Å². The minimum atomic E-state index is -3.25. The maximum Gasteiger partial charge on any atom is 0.225 e. The Morgan fingerprint density at radius 2 is 1.86 bits per heavy atom. The highest BCUT2D eigenvalue weighted by molar-refractivity contribution is 7.88. The highest BCUT2D eigenvalue weighted by atomic mass is 32.2. The van der Waals surface area contributed by atoms with Crippen molar-refractivity contribution in [1.29, 1.82) is 0 Å². The highest BCUT2D eigenvalue weighted by Crippen LogP contribution is 2.38. The molecule has 1 amide bonds. The Kier molecular flexibility index (Phi) is 6.23. The Morgan fingerprint density at radius 1 is 1.24 bits per heavy atom. The number of nitrogens with zero attached hydrogens (tertiary/aromatic N) is 1. The molecule has 5 nitrogen and oxygen atoms in total. The van der Waals surface area contributed by atoms with Crippen LogP contribution >= 0.6 is 0 Å². The summed E-state index contributed by atoms with van der Waals surface area (Å²) in [6.45, 7) is 8.45. The van der Waals surface area contributed by atoms with Gasteiger partial charge in [0.05, 0.1) is 12.2 Å². The fourth-order valence-electron chi connectivity index (χ4n) is 2.52. The molecule has 0 bridgehead atoms. The van der Waals surface area contributed by atoms with E-state index in [0.717, 1.165) is 25.7 Å². The Bertz CT molecular complexity index is 454. The zero-order valence-electron chi connectivity index (χ0n) is 14.0. The van der Waals surface area contributed by atoms with E-state index in [9.17, 15) is 13.2 Å². The van der Waals surface area contributed by atoms with Crippen LogP contribution in [0.2, 0.25) is 0 Å². The van der Waals surface area contributed by atoms with Crippen LogP contribution in [0.4, 0.5) is 0 Å². The van der Waals surface area contributed by atoms with E-state index in [1.165, 1.54) is 10.6 Å². The molecule has 0 aromatic carbocycles. The highest BCUT2D eigenvalue weighted by Gasteiger charge is 2.49. The van der Waals surface area contributed by atoms with Gasteiger partial charge < -0.3 is 5.32 Å². The van der Waals surface area contributed by atoms with Crippen molar-refractivity contribution < 1.29 is 13.2 Å². The van der Waals surface area contributed by atoms with Crippen LogP contribution in [0.5, 0.6) is 0 Å². The summed E-state index contributed by atoms with van der Waals surface area (Å²) in [5, 5.41) is 2.93. The lowest BCUT2D eigenvalue weighted by Gasteiger charge is -2.23. The first-order valence-electron chi connectivity index (χ1n) is 7.85. The zero-order valence-corrected chi connectivity index (χ0v) is 14.8.